The van der Waals surface area contributed by atoms with Gasteiger partial charge in [-0.2, -0.15) is 0 Å². The Labute approximate surface area is 135 Å². The topological polar surface area (TPSA) is 72.9 Å². The number of aryl methyl sites for hydroxylation is 1. The van der Waals surface area contributed by atoms with Crippen molar-refractivity contribution in [3.8, 4) is 0 Å². The van der Waals surface area contributed by atoms with Crippen LogP contribution in [0.15, 0.2) is 29.2 Å². The molecule has 0 aromatic carbocycles. The molecule has 0 spiro atoms. The molecule has 2 aromatic heterocycles. The van der Waals surface area contributed by atoms with E-state index in [2.05, 4.69) is 9.88 Å². The SMILES string of the molecule is Cc1cccn2c(=O)cc(CN3CCOC(CN)C3)nc12.Cl. The van der Waals surface area contributed by atoms with Crippen LogP contribution < -0.4 is 11.3 Å². The lowest BCUT2D eigenvalue weighted by atomic mass is 10.2. The van der Waals surface area contributed by atoms with E-state index in [1.165, 1.54) is 0 Å². The fourth-order valence-electron chi connectivity index (χ4n) is 2.69. The molecule has 1 saturated heterocycles. The van der Waals surface area contributed by atoms with Gasteiger partial charge < -0.3 is 10.5 Å². The second-order valence-corrected chi connectivity index (χ2v) is 5.43. The molecule has 3 heterocycles. The quantitative estimate of drug-likeness (QED) is 0.894. The van der Waals surface area contributed by atoms with Crippen LogP contribution in [0.5, 0.6) is 0 Å². The summed E-state index contributed by atoms with van der Waals surface area (Å²) in [5.74, 6) is 0. The number of hydrogen-bond acceptors (Lipinski definition) is 5. The largest absolute Gasteiger partial charge is 0.374 e. The molecular weight excluding hydrogens is 304 g/mol. The van der Waals surface area contributed by atoms with Crippen molar-refractivity contribution in [3.63, 3.8) is 0 Å². The normalized spacial score (nSPS) is 19.1. The van der Waals surface area contributed by atoms with Crippen LogP contribution in [-0.2, 0) is 11.3 Å². The summed E-state index contributed by atoms with van der Waals surface area (Å²) in [4.78, 5) is 19.0. The summed E-state index contributed by atoms with van der Waals surface area (Å²) >= 11 is 0. The van der Waals surface area contributed by atoms with Crippen molar-refractivity contribution in [1.82, 2.24) is 14.3 Å². The molecule has 1 aliphatic rings. The number of halogens is 1. The summed E-state index contributed by atoms with van der Waals surface area (Å²) in [7, 11) is 0. The van der Waals surface area contributed by atoms with Gasteiger partial charge >= 0.3 is 0 Å². The summed E-state index contributed by atoms with van der Waals surface area (Å²) in [6.07, 6.45) is 1.82. The smallest absolute Gasteiger partial charge is 0.258 e. The maximum Gasteiger partial charge on any atom is 0.258 e. The minimum atomic E-state index is -0.0395. The highest BCUT2D eigenvalue weighted by atomic mass is 35.5. The van der Waals surface area contributed by atoms with E-state index in [1.54, 1.807) is 16.7 Å². The number of aromatic nitrogens is 2. The van der Waals surface area contributed by atoms with E-state index in [0.29, 0.717) is 19.7 Å². The van der Waals surface area contributed by atoms with E-state index in [0.717, 1.165) is 30.0 Å². The lowest BCUT2D eigenvalue weighted by Gasteiger charge is -2.31. The molecule has 0 amide bonds. The highest BCUT2D eigenvalue weighted by Gasteiger charge is 2.20. The molecular formula is C15H21ClN4O2. The van der Waals surface area contributed by atoms with Crippen LogP contribution in [0.1, 0.15) is 11.3 Å². The first-order valence-electron chi connectivity index (χ1n) is 7.19. The van der Waals surface area contributed by atoms with Gasteiger partial charge in [-0.25, -0.2) is 4.98 Å². The van der Waals surface area contributed by atoms with Crippen molar-refractivity contribution in [3.05, 3.63) is 46.0 Å². The van der Waals surface area contributed by atoms with Gasteiger partial charge in [-0.15, -0.1) is 12.4 Å². The monoisotopic (exact) mass is 324 g/mol. The van der Waals surface area contributed by atoms with Crippen LogP contribution in [0.4, 0.5) is 0 Å². The lowest BCUT2D eigenvalue weighted by Crippen LogP contribution is -2.45. The average Bonchev–Trinajstić information content (AvgIpc) is 2.49. The fourth-order valence-corrected chi connectivity index (χ4v) is 2.69. The van der Waals surface area contributed by atoms with E-state index in [4.69, 9.17) is 10.5 Å². The third kappa shape index (κ3) is 3.47. The molecule has 0 aliphatic carbocycles. The van der Waals surface area contributed by atoms with Crippen molar-refractivity contribution in [2.24, 2.45) is 5.73 Å². The minimum Gasteiger partial charge on any atom is -0.374 e. The maximum atomic E-state index is 12.2. The minimum absolute atomic E-state index is 0. The second-order valence-electron chi connectivity index (χ2n) is 5.43. The number of ether oxygens (including phenoxy) is 1. The van der Waals surface area contributed by atoms with Gasteiger partial charge in [0.2, 0.25) is 0 Å². The molecule has 6 nitrogen and oxygen atoms in total. The number of pyridine rings is 1. The molecule has 1 aliphatic heterocycles. The Bertz CT molecular complexity index is 703. The molecule has 120 valence electrons. The Morgan fingerprint density at radius 2 is 2.32 bits per heavy atom. The van der Waals surface area contributed by atoms with E-state index in [1.807, 2.05) is 19.1 Å². The number of nitrogens with zero attached hydrogens (tertiary/aromatic N) is 3. The van der Waals surface area contributed by atoms with Crippen LogP contribution >= 0.6 is 12.4 Å². The summed E-state index contributed by atoms with van der Waals surface area (Å²) in [5, 5.41) is 0. The van der Waals surface area contributed by atoms with Gasteiger partial charge in [0.25, 0.3) is 5.56 Å². The number of rotatable bonds is 3. The van der Waals surface area contributed by atoms with Crippen molar-refractivity contribution < 1.29 is 4.74 Å². The van der Waals surface area contributed by atoms with Crippen LogP contribution in [0.2, 0.25) is 0 Å². The zero-order valence-corrected chi connectivity index (χ0v) is 13.4. The summed E-state index contributed by atoms with van der Waals surface area (Å²) in [6.45, 7) is 5.43. The maximum absolute atomic E-state index is 12.2. The Balaban J connectivity index is 0.00000176. The lowest BCUT2D eigenvalue weighted by molar-refractivity contribution is -0.0264. The Kier molecular flexibility index (Phi) is 5.52. The van der Waals surface area contributed by atoms with Crippen molar-refractivity contribution in [2.75, 3.05) is 26.2 Å². The molecule has 2 N–H and O–H groups in total. The van der Waals surface area contributed by atoms with Crippen LogP contribution in [-0.4, -0.2) is 46.6 Å². The molecule has 0 bridgehead atoms. The molecule has 22 heavy (non-hydrogen) atoms. The predicted molar refractivity (Wildman–Crippen MR) is 87.5 cm³/mol. The molecule has 1 unspecified atom stereocenters. The van der Waals surface area contributed by atoms with Gasteiger partial charge in [0.15, 0.2) is 0 Å². The van der Waals surface area contributed by atoms with Crippen molar-refractivity contribution in [2.45, 2.75) is 19.6 Å². The Hall–Kier alpha value is -1.47. The number of hydrogen-bond donors (Lipinski definition) is 1. The average molecular weight is 325 g/mol. The Morgan fingerprint density at radius 3 is 3.09 bits per heavy atom. The van der Waals surface area contributed by atoms with Crippen molar-refractivity contribution in [1.29, 1.82) is 0 Å². The molecule has 3 rings (SSSR count). The van der Waals surface area contributed by atoms with E-state index < -0.39 is 0 Å². The first-order chi connectivity index (χ1) is 10.2. The molecule has 1 atom stereocenters. The standard InChI is InChI=1S/C15H20N4O2.ClH/c1-11-3-2-4-19-14(20)7-12(17-15(11)19)9-18-5-6-21-13(8-16)10-18;/h2-4,7,13H,5-6,8-10,16H2,1H3;1H. The van der Waals surface area contributed by atoms with Gasteiger partial charge in [-0.05, 0) is 18.6 Å². The van der Waals surface area contributed by atoms with Gasteiger partial charge in [-0.3, -0.25) is 14.1 Å². The molecule has 2 aromatic rings. The highest BCUT2D eigenvalue weighted by molar-refractivity contribution is 5.85. The van der Waals surface area contributed by atoms with Crippen molar-refractivity contribution >= 4 is 18.1 Å². The van der Waals surface area contributed by atoms with Gasteiger partial charge in [0.1, 0.15) is 5.65 Å². The first-order valence-corrected chi connectivity index (χ1v) is 7.19. The van der Waals surface area contributed by atoms with E-state index in [9.17, 15) is 4.79 Å². The fraction of sp³-hybridized carbons (Fsp3) is 0.467. The zero-order chi connectivity index (χ0) is 14.8. The molecule has 0 saturated carbocycles. The number of morpholine rings is 1. The van der Waals surface area contributed by atoms with E-state index >= 15 is 0 Å². The summed E-state index contributed by atoms with van der Waals surface area (Å²) < 4.78 is 7.14. The number of nitrogens with two attached hydrogens (primary N) is 1. The van der Waals surface area contributed by atoms with Crippen LogP contribution in [0.25, 0.3) is 5.65 Å². The highest BCUT2D eigenvalue weighted by Crippen LogP contribution is 2.10. The third-order valence-corrected chi connectivity index (χ3v) is 3.81. The molecule has 0 radical (unpaired) electrons. The Morgan fingerprint density at radius 1 is 1.50 bits per heavy atom. The van der Waals surface area contributed by atoms with Crippen LogP contribution in [0.3, 0.4) is 0 Å². The van der Waals surface area contributed by atoms with Gasteiger partial charge in [-0.1, -0.05) is 6.07 Å². The van der Waals surface area contributed by atoms with E-state index in [-0.39, 0.29) is 24.1 Å². The first kappa shape index (κ1) is 16.9. The van der Waals surface area contributed by atoms with Gasteiger partial charge in [0.05, 0.1) is 18.4 Å². The molecule has 7 heteroatoms. The predicted octanol–water partition coefficient (Wildman–Crippen LogP) is 0.584. The third-order valence-electron chi connectivity index (χ3n) is 3.81. The van der Waals surface area contributed by atoms with Gasteiger partial charge in [0, 0.05) is 38.4 Å². The number of fused-ring (bicyclic) bond motifs is 1. The second kappa shape index (κ2) is 7.19. The molecule has 1 fully saturated rings. The summed E-state index contributed by atoms with van der Waals surface area (Å²) in [6, 6.07) is 5.43. The van der Waals surface area contributed by atoms with Crippen LogP contribution in [0, 0.1) is 6.92 Å². The zero-order valence-electron chi connectivity index (χ0n) is 12.6. The summed E-state index contributed by atoms with van der Waals surface area (Å²) in [5.41, 5.74) is 8.14.